The number of halogens is 1. The Labute approximate surface area is 123 Å². The molecular weight excluding hydrogens is 327 g/mol. The Morgan fingerprint density at radius 2 is 1.71 bits per heavy atom. The number of likely N-dealkylation sites (tertiary alicyclic amines) is 1. The van der Waals surface area contributed by atoms with Crippen LogP contribution in [0.1, 0.15) is 26.7 Å². The Balaban J connectivity index is 0.00000256. The largest absolute Gasteiger partial charge is 0.357 e. The molecule has 0 amide bonds. The second kappa shape index (κ2) is 9.94. The number of hydrogen-bond acceptors (Lipinski definition) is 2. The molecule has 0 saturated carbocycles. The van der Waals surface area contributed by atoms with Crippen molar-refractivity contribution in [1.82, 2.24) is 15.5 Å². The van der Waals surface area contributed by atoms with Gasteiger partial charge >= 0.3 is 0 Å². The van der Waals surface area contributed by atoms with Gasteiger partial charge in [0.1, 0.15) is 0 Å². The molecule has 0 bridgehead atoms. The zero-order chi connectivity index (χ0) is 11.8. The molecule has 1 rings (SSSR count). The van der Waals surface area contributed by atoms with E-state index < -0.39 is 0 Å². The van der Waals surface area contributed by atoms with Gasteiger partial charge < -0.3 is 15.5 Å². The maximum Gasteiger partial charge on any atom is 0.191 e. The van der Waals surface area contributed by atoms with Crippen molar-refractivity contribution in [1.29, 1.82) is 0 Å². The number of nitrogens with one attached hydrogen (secondary N) is 2. The summed E-state index contributed by atoms with van der Waals surface area (Å²) < 4.78 is 0. The second-order valence-corrected chi connectivity index (χ2v) is 4.50. The van der Waals surface area contributed by atoms with E-state index in [-0.39, 0.29) is 24.0 Å². The van der Waals surface area contributed by atoms with Crippen LogP contribution in [-0.4, -0.2) is 50.6 Å². The maximum absolute atomic E-state index is 4.63. The first-order valence-corrected chi connectivity index (χ1v) is 6.47. The summed E-state index contributed by atoms with van der Waals surface area (Å²) in [6.45, 7) is 9.46. The summed E-state index contributed by atoms with van der Waals surface area (Å²) in [5, 5.41) is 6.52. The quantitative estimate of drug-likeness (QED) is 0.457. The topological polar surface area (TPSA) is 39.7 Å². The standard InChI is InChI=1S/C12H26N4.HI/c1-4-13-12(14-5-2)15-10-11-6-8-16(3)9-7-11;/h11H,4-10H2,1-3H3,(H2,13,14,15);1H. The van der Waals surface area contributed by atoms with Crippen LogP contribution in [0.15, 0.2) is 4.99 Å². The van der Waals surface area contributed by atoms with Crippen LogP contribution in [0.4, 0.5) is 0 Å². The molecule has 0 unspecified atom stereocenters. The predicted octanol–water partition coefficient (Wildman–Crippen LogP) is 1.52. The normalized spacial score (nSPS) is 17.1. The van der Waals surface area contributed by atoms with E-state index in [1.54, 1.807) is 0 Å². The Kier molecular flexibility index (Phi) is 9.91. The summed E-state index contributed by atoms with van der Waals surface area (Å²) >= 11 is 0. The van der Waals surface area contributed by atoms with E-state index in [0.717, 1.165) is 31.5 Å². The van der Waals surface area contributed by atoms with Gasteiger partial charge in [-0.2, -0.15) is 0 Å². The molecule has 0 atom stereocenters. The minimum absolute atomic E-state index is 0. The third-order valence-corrected chi connectivity index (χ3v) is 3.03. The minimum atomic E-state index is 0. The van der Waals surface area contributed by atoms with Gasteiger partial charge in [0.2, 0.25) is 0 Å². The average molecular weight is 354 g/mol. The molecule has 0 aromatic rings. The average Bonchev–Trinajstić information content (AvgIpc) is 2.29. The van der Waals surface area contributed by atoms with E-state index in [4.69, 9.17) is 0 Å². The molecule has 1 aliphatic heterocycles. The van der Waals surface area contributed by atoms with Crippen LogP contribution < -0.4 is 10.6 Å². The molecular formula is C12H27IN4. The Bertz CT molecular complexity index is 205. The summed E-state index contributed by atoms with van der Waals surface area (Å²) in [6.07, 6.45) is 2.57. The van der Waals surface area contributed by atoms with Gasteiger partial charge in [0.05, 0.1) is 0 Å². The lowest BCUT2D eigenvalue weighted by Crippen LogP contribution is -2.38. The van der Waals surface area contributed by atoms with Crippen molar-refractivity contribution in [2.75, 3.05) is 39.8 Å². The van der Waals surface area contributed by atoms with Crippen molar-refractivity contribution >= 4 is 29.9 Å². The van der Waals surface area contributed by atoms with E-state index >= 15 is 0 Å². The van der Waals surface area contributed by atoms with Crippen LogP contribution in [0.25, 0.3) is 0 Å². The van der Waals surface area contributed by atoms with E-state index in [1.807, 2.05) is 0 Å². The highest BCUT2D eigenvalue weighted by Gasteiger charge is 2.15. The molecule has 0 spiro atoms. The van der Waals surface area contributed by atoms with E-state index in [1.165, 1.54) is 25.9 Å². The SMILES string of the molecule is CCNC(=NCC1CCN(C)CC1)NCC.I. The first-order chi connectivity index (χ1) is 7.76. The van der Waals surface area contributed by atoms with Crippen LogP contribution in [0.3, 0.4) is 0 Å². The first-order valence-electron chi connectivity index (χ1n) is 6.47. The number of guanidine groups is 1. The van der Waals surface area contributed by atoms with Crippen LogP contribution in [0.5, 0.6) is 0 Å². The summed E-state index contributed by atoms with van der Waals surface area (Å²) in [6, 6.07) is 0. The molecule has 1 heterocycles. The molecule has 102 valence electrons. The molecule has 4 nitrogen and oxygen atoms in total. The van der Waals surface area contributed by atoms with Gasteiger partial charge in [0, 0.05) is 19.6 Å². The number of piperidine rings is 1. The first kappa shape index (κ1) is 17.0. The van der Waals surface area contributed by atoms with Gasteiger partial charge in [0.25, 0.3) is 0 Å². The molecule has 1 fully saturated rings. The van der Waals surface area contributed by atoms with Gasteiger partial charge in [-0.15, -0.1) is 24.0 Å². The van der Waals surface area contributed by atoms with Crippen molar-refractivity contribution in [3.8, 4) is 0 Å². The van der Waals surface area contributed by atoms with Crippen LogP contribution in [0.2, 0.25) is 0 Å². The van der Waals surface area contributed by atoms with Gasteiger partial charge in [-0.3, -0.25) is 4.99 Å². The van der Waals surface area contributed by atoms with Crippen molar-refractivity contribution in [3.63, 3.8) is 0 Å². The zero-order valence-electron chi connectivity index (χ0n) is 11.3. The number of aliphatic imine (C=N–C) groups is 1. The molecule has 0 radical (unpaired) electrons. The van der Waals surface area contributed by atoms with Gasteiger partial charge in [0.15, 0.2) is 5.96 Å². The highest BCUT2D eigenvalue weighted by molar-refractivity contribution is 14.0. The fraction of sp³-hybridized carbons (Fsp3) is 0.917. The monoisotopic (exact) mass is 354 g/mol. The summed E-state index contributed by atoms with van der Waals surface area (Å²) in [5.41, 5.74) is 0. The van der Waals surface area contributed by atoms with E-state index in [0.29, 0.717) is 0 Å². The highest BCUT2D eigenvalue weighted by atomic mass is 127. The summed E-state index contributed by atoms with van der Waals surface area (Å²) in [5.74, 6) is 1.73. The van der Waals surface area contributed by atoms with Crippen molar-refractivity contribution in [3.05, 3.63) is 0 Å². The van der Waals surface area contributed by atoms with Gasteiger partial charge in [-0.05, 0) is 52.7 Å². The molecule has 2 N–H and O–H groups in total. The lowest BCUT2D eigenvalue weighted by Gasteiger charge is -2.28. The second-order valence-electron chi connectivity index (χ2n) is 4.50. The Morgan fingerprint density at radius 1 is 1.18 bits per heavy atom. The number of nitrogens with zero attached hydrogens (tertiary/aromatic N) is 2. The Morgan fingerprint density at radius 3 is 2.18 bits per heavy atom. The summed E-state index contributed by atoms with van der Waals surface area (Å²) in [7, 11) is 2.20. The van der Waals surface area contributed by atoms with E-state index in [9.17, 15) is 0 Å². The Hall–Kier alpha value is -0.0400. The minimum Gasteiger partial charge on any atom is -0.357 e. The summed E-state index contributed by atoms with van der Waals surface area (Å²) in [4.78, 5) is 7.03. The molecule has 1 aliphatic rings. The number of rotatable bonds is 4. The third-order valence-electron chi connectivity index (χ3n) is 3.03. The van der Waals surface area contributed by atoms with Gasteiger partial charge in [-0.1, -0.05) is 0 Å². The molecule has 1 saturated heterocycles. The third kappa shape index (κ3) is 7.08. The molecule has 0 aromatic heterocycles. The predicted molar refractivity (Wildman–Crippen MR) is 85.3 cm³/mol. The fourth-order valence-corrected chi connectivity index (χ4v) is 1.97. The van der Waals surface area contributed by atoms with Crippen LogP contribution in [-0.2, 0) is 0 Å². The lowest BCUT2D eigenvalue weighted by atomic mass is 9.97. The van der Waals surface area contributed by atoms with Crippen LogP contribution in [0, 0.1) is 5.92 Å². The van der Waals surface area contributed by atoms with Crippen molar-refractivity contribution in [2.24, 2.45) is 10.9 Å². The van der Waals surface area contributed by atoms with Crippen molar-refractivity contribution in [2.45, 2.75) is 26.7 Å². The molecule has 5 heteroatoms. The molecule has 0 aromatic carbocycles. The van der Waals surface area contributed by atoms with Crippen LogP contribution >= 0.6 is 24.0 Å². The molecule has 17 heavy (non-hydrogen) atoms. The smallest absolute Gasteiger partial charge is 0.191 e. The van der Waals surface area contributed by atoms with Gasteiger partial charge in [-0.25, -0.2) is 0 Å². The maximum atomic E-state index is 4.63. The van der Waals surface area contributed by atoms with E-state index in [2.05, 4.69) is 41.4 Å². The lowest BCUT2D eigenvalue weighted by molar-refractivity contribution is 0.223. The fourth-order valence-electron chi connectivity index (χ4n) is 1.97. The van der Waals surface area contributed by atoms with Crippen molar-refractivity contribution < 1.29 is 0 Å². The highest BCUT2D eigenvalue weighted by Crippen LogP contribution is 2.15. The number of hydrogen-bond donors (Lipinski definition) is 2. The zero-order valence-corrected chi connectivity index (χ0v) is 13.7. The molecule has 0 aliphatic carbocycles.